The van der Waals surface area contributed by atoms with Crippen molar-refractivity contribution in [2.75, 3.05) is 32.9 Å². The molecular weight excluding hydrogens is 226 g/mol. The third-order valence-electron chi connectivity index (χ3n) is 3.73. The Morgan fingerprint density at radius 1 is 1.00 bits per heavy atom. The van der Waals surface area contributed by atoms with Crippen molar-refractivity contribution in [3.05, 3.63) is 0 Å². The Balaban J connectivity index is 2.38. The molecule has 3 nitrogen and oxygen atoms in total. The van der Waals surface area contributed by atoms with Gasteiger partial charge in [0.25, 0.3) is 0 Å². The van der Waals surface area contributed by atoms with Gasteiger partial charge in [-0.2, -0.15) is 0 Å². The molecule has 0 aromatic rings. The van der Waals surface area contributed by atoms with Crippen molar-refractivity contribution in [3.8, 4) is 0 Å². The number of hydrogen-bond donors (Lipinski definition) is 1. The van der Waals surface area contributed by atoms with Crippen LogP contribution in [0.2, 0.25) is 0 Å². The maximum Gasteiger partial charge on any atom is 0.0807 e. The predicted molar refractivity (Wildman–Crippen MR) is 76.0 cm³/mol. The summed E-state index contributed by atoms with van der Waals surface area (Å²) in [6, 6.07) is 0. The first kappa shape index (κ1) is 15.9. The van der Waals surface area contributed by atoms with Gasteiger partial charge in [0.1, 0.15) is 0 Å². The van der Waals surface area contributed by atoms with E-state index in [1.165, 1.54) is 44.9 Å². The fourth-order valence-electron chi connectivity index (χ4n) is 2.70. The summed E-state index contributed by atoms with van der Waals surface area (Å²) in [4.78, 5) is 0. The normalized spacial score (nSPS) is 19.7. The Labute approximate surface area is 113 Å². The summed E-state index contributed by atoms with van der Waals surface area (Å²) in [5.74, 6) is 0. The molecule has 0 spiro atoms. The monoisotopic (exact) mass is 257 g/mol. The molecule has 0 aromatic carbocycles. The van der Waals surface area contributed by atoms with Crippen molar-refractivity contribution < 1.29 is 9.47 Å². The van der Waals surface area contributed by atoms with Crippen molar-refractivity contribution in [2.24, 2.45) is 0 Å². The van der Waals surface area contributed by atoms with Gasteiger partial charge in [-0.15, -0.1) is 0 Å². The summed E-state index contributed by atoms with van der Waals surface area (Å²) in [5.41, 5.74) is 0.0722. The Morgan fingerprint density at radius 2 is 1.72 bits per heavy atom. The zero-order chi connectivity index (χ0) is 13.1. The van der Waals surface area contributed by atoms with Gasteiger partial charge in [-0.25, -0.2) is 0 Å². The second kappa shape index (κ2) is 9.76. The van der Waals surface area contributed by atoms with Crippen LogP contribution in [0.3, 0.4) is 0 Å². The largest absolute Gasteiger partial charge is 0.379 e. The van der Waals surface area contributed by atoms with Gasteiger partial charge >= 0.3 is 0 Å². The fraction of sp³-hybridized carbons (Fsp3) is 1.00. The molecule has 0 radical (unpaired) electrons. The SMILES string of the molecule is CCCNCC1(OCCOCC)CCCCCC1. The van der Waals surface area contributed by atoms with E-state index in [1.54, 1.807) is 0 Å². The van der Waals surface area contributed by atoms with Crippen LogP contribution in [0.5, 0.6) is 0 Å². The molecule has 1 N–H and O–H groups in total. The van der Waals surface area contributed by atoms with Gasteiger partial charge in [-0.05, 0) is 32.7 Å². The van der Waals surface area contributed by atoms with Crippen molar-refractivity contribution >= 4 is 0 Å². The minimum atomic E-state index is 0.0722. The van der Waals surface area contributed by atoms with Crippen LogP contribution in [-0.2, 0) is 9.47 Å². The molecule has 18 heavy (non-hydrogen) atoms. The van der Waals surface area contributed by atoms with E-state index in [0.29, 0.717) is 0 Å². The average Bonchev–Trinajstić information content (AvgIpc) is 2.62. The Morgan fingerprint density at radius 3 is 2.33 bits per heavy atom. The molecule has 108 valence electrons. The van der Waals surface area contributed by atoms with Crippen LogP contribution in [-0.4, -0.2) is 38.5 Å². The van der Waals surface area contributed by atoms with Crippen molar-refractivity contribution in [2.45, 2.75) is 64.4 Å². The molecule has 1 rings (SSSR count). The van der Waals surface area contributed by atoms with Crippen LogP contribution in [0.1, 0.15) is 58.8 Å². The molecule has 0 heterocycles. The molecule has 1 aliphatic rings. The van der Waals surface area contributed by atoms with Crippen LogP contribution >= 0.6 is 0 Å². The highest BCUT2D eigenvalue weighted by Crippen LogP contribution is 2.30. The van der Waals surface area contributed by atoms with E-state index < -0.39 is 0 Å². The third-order valence-corrected chi connectivity index (χ3v) is 3.73. The van der Waals surface area contributed by atoms with E-state index >= 15 is 0 Å². The van der Waals surface area contributed by atoms with E-state index in [-0.39, 0.29) is 5.60 Å². The summed E-state index contributed by atoms with van der Waals surface area (Å²) in [6.07, 6.45) is 8.94. The van der Waals surface area contributed by atoms with E-state index in [1.807, 2.05) is 6.92 Å². The molecule has 0 bridgehead atoms. The number of ether oxygens (including phenoxy) is 2. The zero-order valence-electron chi connectivity index (χ0n) is 12.3. The molecule has 0 aromatic heterocycles. The molecule has 3 heteroatoms. The molecule has 0 saturated heterocycles. The fourth-order valence-corrected chi connectivity index (χ4v) is 2.70. The smallest absolute Gasteiger partial charge is 0.0807 e. The molecular formula is C15H31NO2. The lowest BCUT2D eigenvalue weighted by Gasteiger charge is -2.33. The molecule has 0 unspecified atom stereocenters. The van der Waals surface area contributed by atoms with Gasteiger partial charge in [0.05, 0.1) is 18.8 Å². The van der Waals surface area contributed by atoms with E-state index in [4.69, 9.17) is 9.47 Å². The third kappa shape index (κ3) is 6.17. The summed E-state index contributed by atoms with van der Waals surface area (Å²) in [6.45, 7) is 8.59. The minimum Gasteiger partial charge on any atom is -0.379 e. The zero-order valence-corrected chi connectivity index (χ0v) is 12.3. The van der Waals surface area contributed by atoms with Crippen molar-refractivity contribution in [3.63, 3.8) is 0 Å². The summed E-state index contributed by atoms with van der Waals surface area (Å²) < 4.78 is 11.6. The molecule has 1 aliphatic carbocycles. The van der Waals surface area contributed by atoms with Crippen LogP contribution < -0.4 is 5.32 Å². The summed E-state index contributed by atoms with van der Waals surface area (Å²) in [7, 11) is 0. The van der Waals surface area contributed by atoms with E-state index in [0.717, 1.165) is 32.9 Å². The predicted octanol–water partition coefficient (Wildman–Crippen LogP) is 3.13. The van der Waals surface area contributed by atoms with Crippen LogP contribution in [0.25, 0.3) is 0 Å². The lowest BCUT2D eigenvalue weighted by molar-refractivity contribution is -0.0741. The van der Waals surface area contributed by atoms with Gasteiger partial charge in [-0.1, -0.05) is 32.6 Å². The Hall–Kier alpha value is -0.120. The standard InChI is InChI=1S/C15H31NO2/c1-3-11-16-14-15(18-13-12-17-4-2)9-7-5-6-8-10-15/h16H,3-14H2,1-2H3. The number of rotatable bonds is 9. The van der Waals surface area contributed by atoms with E-state index in [2.05, 4.69) is 12.2 Å². The maximum atomic E-state index is 6.21. The van der Waals surface area contributed by atoms with E-state index in [9.17, 15) is 0 Å². The van der Waals surface area contributed by atoms with Crippen molar-refractivity contribution in [1.29, 1.82) is 0 Å². The lowest BCUT2D eigenvalue weighted by atomic mass is 9.94. The quantitative estimate of drug-likeness (QED) is 0.508. The first-order valence-electron chi connectivity index (χ1n) is 7.75. The van der Waals surface area contributed by atoms with Gasteiger partial charge in [0.2, 0.25) is 0 Å². The van der Waals surface area contributed by atoms with Crippen LogP contribution in [0, 0.1) is 0 Å². The Kier molecular flexibility index (Phi) is 8.64. The highest BCUT2D eigenvalue weighted by Gasteiger charge is 2.31. The summed E-state index contributed by atoms with van der Waals surface area (Å²) in [5, 5.41) is 3.55. The van der Waals surface area contributed by atoms with Gasteiger partial charge in [0, 0.05) is 13.2 Å². The molecule has 0 amide bonds. The second-order valence-electron chi connectivity index (χ2n) is 5.32. The highest BCUT2D eigenvalue weighted by molar-refractivity contribution is 4.85. The minimum absolute atomic E-state index is 0.0722. The molecule has 0 aliphatic heterocycles. The second-order valence-corrected chi connectivity index (χ2v) is 5.32. The van der Waals surface area contributed by atoms with Crippen LogP contribution in [0.4, 0.5) is 0 Å². The Bertz CT molecular complexity index is 189. The molecule has 1 fully saturated rings. The number of hydrogen-bond acceptors (Lipinski definition) is 3. The topological polar surface area (TPSA) is 30.5 Å². The summed E-state index contributed by atoms with van der Waals surface area (Å²) >= 11 is 0. The first-order chi connectivity index (χ1) is 8.83. The van der Waals surface area contributed by atoms with Crippen LogP contribution in [0.15, 0.2) is 0 Å². The highest BCUT2D eigenvalue weighted by atomic mass is 16.5. The molecule has 0 atom stereocenters. The van der Waals surface area contributed by atoms with Crippen molar-refractivity contribution in [1.82, 2.24) is 5.32 Å². The lowest BCUT2D eigenvalue weighted by Crippen LogP contribution is -2.43. The van der Waals surface area contributed by atoms with Gasteiger partial charge in [0.15, 0.2) is 0 Å². The average molecular weight is 257 g/mol. The number of nitrogens with one attached hydrogen (secondary N) is 1. The first-order valence-corrected chi connectivity index (χ1v) is 7.75. The van der Waals surface area contributed by atoms with Gasteiger partial charge in [-0.3, -0.25) is 0 Å². The maximum absolute atomic E-state index is 6.21. The molecule has 1 saturated carbocycles. The van der Waals surface area contributed by atoms with Gasteiger partial charge < -0.3 is 14.8 Å².